The van der Waals surface area contributed by atoms with E-state index in [1.807, 2.05) is 23.1 Å². The van der Waals surface area contributed by atoms with Crippen LogP contribution in [0.3, 0.4) is 0 Å². The summed E-state index contributed by atoms with van der Waals surface area (Å²) >= 11 is 0. The molecule has 2 fully saturated rings. The molecule has 3 atom stereocenters. The molecule has 5 rings (SSSR count). The van der Waals surface area contributed by atoms with E-state index >= 15 is 0 Å². The van der Waals surface area contributed by atoms with Crippen LogP contribution < -0.4 is 9.64 Å². The molecular weight excluding hydrogens is 518 g/mol. The Morgan fingerprint density at radius 2 is 2.08 bits per heavy atom. The van der Waals surface area contributed by atoms with Crippen LogP contribution in [0, 0.1) is 6.57 Å². The number of nitrogens with zero attached hydrogens (tertiary/aromatic N) is 6. The van der Waals surface area contributed by atoms with Gasteiger partial charge in [0, 0.05) is 37.7 Å². The third-order valence-corrected chi connectivity index (χ3v) is 8.06. The average Bonchev–Trinajstić information content (AvgIpc) is 3.39. The Balaban J connectivity index is 1.45. The van der Waals surface area contributed by atoms with Gasteiger partial charge < -0.3 is 29.0 Å². The number of alkyl halides is 1. The Kier molecular flexibility index (Phi) is 8.57. The molecule has 1 amide bonds. The highest BCUT2D eigenvalue weighted by molar-refractivity contribution is 5.91. The van der Waals surface area contributed by atoms with Crippen LogP contribution in [-0.4, -0.2) is 84.1 Å². The van der Waals surface area contributed by atoms with E-state index in [1.165, 1.54) is 4.90 Å². The van der Waals surface area contributed by atoms with Crippen molar-refractivity contribution in [3.8, 4) is 6.01 Å². The van der Waals surface area contributed by atoms with E-state index in [0.717, 1.165) is 36.2 Å². The van der Waals surface area contributed by atoms with Crippen LogP contribution in [-0.2, 0) is 29.2 Å². The van der Waals surface area contributed by atoms with Crippen molar-refractivity contribution in [2.75, 3.05) is 51.3 Å². The second-order valence-electron chi connectivity index (χ2n) is 10.5. The molecule has 11 heteroatoms. The van der Waals surface area contributed by atoms with Crippen LogP contribution in [0.5, 0.6) is 6.01 Å². The first kappa shape index (κ1) is 27.9. The maximum atomic E-state index is 13.7. The van der Waals surface area contributed by atoms with Crippen molar-refractivity contribution in [2.45, 2.75) is 50.7 Å². The molecular formula is C29H34F2N6O3. The quantitative estimate of drug-likeness (QED) is 0.366. The lowest BCUT2D eigenvalue weighted by molar-refractivity contribution is -0.131. The third-order valence-electron chi connectivity index (χ3n) is 8.06. The summed E-state index contributed by atoms with van der Waals surface area (Å²) in [6, 6.07) is 7.33. The summed E-state index contributed by atoms with van der Waals surface area (Å²) in [5.74, 6) is -1.21. The molecule has 1 unspecified atom stereocenters. The van der Waals surface area contributed by atoms with Crippen LogP contribution in [0.2, 0.25) is 0 Å². The van der Waals surface area contributed by atoms with E-state index in [2.05, 4.69) is 23.4 Å². The summed E-state index contributed by atoms with van der Waals surface area (Å²) in [5.41, 5.74) is 2.95. The first-order valence-corrected chi connectivity index (χ1v) is 13.6. The molecule has 0 N–H and O–H groups in total. The highest BCUT2D eigenvalue weighted by Crippen LogP contribution is 2.37. The molecule has 4 heterocycles. The van der Waals surface area contributed by atoms with Crippen LogP contribution in [0.1, 0.15) is 41.3 Å². The number of piperazine rings is 1. The van der Waals surface area contributed by atoms with Gasteiger partial charge in [-0.05, 0) is 37.6 Å². The predicted molar refractivity (Wildman–Crippen MR) is 145 cm³/mol. The SMILES string of the molecule is [C-]#[N+]C[C@H]1CN(c2nc(OC[C@@H]3CCCN3C)nc3c2COC(c2ccccc2CF)C3)CCN1C(=O)C(=C)F. The Bertz CT molecular complexity index is 1300. The fourth-order valence-electron chi connectivity index (χ4n) is 5.82. The normalized spacial score (nSPS) is 23.0. The zero-order chi connectivity index (χ0) is 28.2. The summed E-state index contributed by atoms with van der Waals surface area (Å²) in [4.78, 5) is 31.1. The zero-order valence-corrected chi connectivity index (χ0v) is 22.7. The molecule has 1 aromatic heterocycles. The number of carbonyl (C=O) groups excluding carboxylic acids is 1. The van der Waals surface area contributed by atoms with E-state index in [-0.39, 0.29) is 37.9 Å². The van der Waals surface area contributed by atoms with Crippen LogP contribution >= 0.6 is 0 Å². The number of hydrogen-bond acceptors (Lipinski definition) is 7. The molecule has 3 aliphatic heterocycles. The van der Waals surface area contributed by atoms with Gasteiger partial charge >= 0.3 is 6.01 Å². The van der Waals surface area contributed by atoms with Gasteiger partial charge in [-0.15, -0.1) is 0 Å². The number of carbonyl (C=O) groups is 1. The van der Waals surface area contributed by atoms with Gasteiger partial charge in [0.2, 0.25) is 6.54 Å². The number of fused-ring (bicyclic) bond motifs is 1. The van der Waals surface area contributed by atoms with Gasteiger partial charge in [-0.2, -0.15) is 9.97 Å². The van der Waals surface area contributed by atoms with Crippen molar-refractivity contribution in [2.24, 2.45) is 0 Å². The lowest BCUT2D eigenvalue weighted by atomic mass is 9.95. The fraction of sp³-hybridized carbons (Fsp3) is 0.517. The largest absolute Gasteiger partial charge is 0.462 e. The molecule has 212 valence electrons. The van der Waals surface area contributed by atoms with E-state index in [0.29, 0.717) is 37.5 Å². The Hall–Kier alpha value is -3.62. The van der Waals surface area contributed by atoms with Gasteiger partial charge in [0.05, 0.1) is 18.4 Å². The van der Waals surface area contributed by atoms with E-state index in [1.54, 1.807) is 6.07 Å². The summed E-state index contributed by atoms with van der Waals surface area (Å²) in [6.45, 7) is 12.6. The topological polar surface area (TPSA) is 75.4 Å². The number of anilines is 1. The number of ether oxygens (including phenoxy) is 2. The summed E-state index contributed by atoms with van der Waals surface area (Å²) < 4.78 is 39.8. The maximum Gasteiger partial charge on any atom is 0.318 e. The van der Waals surface area contributed by atoms with Gasteiger partial charge in [0.15, 0.2) is 5.83 Å². The second kappa shape index (κ2) is 12.3. The molecule has 0 aliphatic carbocycles. The smallest absolute Gasteiger partial charge is 0.318 e. The maximum absolute atomic E-state index is 13.7. The molecule has 0 radical (unpaired) electrons. The fourth-order valence-corrected chi connectivity index (χ4v) is 5.82. The molecule has 0 bridgehead atoms. The number of aromatic nitrogens is 2. The van der Waals surface area contributed by atoms with Gasteiger partial charge in [-0.25, -0.2) is 15.4 Å². The van der Waals surface area contributed by atoms with Gasteiger partial charge in [0.25, 0.3) is 5.91 Å². The van der Waals surface area contributed by atoms with Gasteiger partial charge in [-0.3, -0.25) is 4.79 Å². The van der Waals surface area contributed by atoms with E-state index in [9.17, 15) is 13.6 Å². The lowest BCUT2D eigenvalue weighted by Crippen LogP contribution is -2.57. The number of benzene rings is 1. The molecule has 2 aromatic rings. The number of likely N-dealkylation sites (tertiary alicyclic amines) is 1. The number of amides is 1. The van der Waals surface area contributed by atoms with Crippen LogP contribution in [0.4, 0.5) is 14.6 Å². The van der Waals surface area contributed by atoms with E-state index < -0.39 is 24.5 Å². The number of rotatable bonds is 8. The minimum atomic E-state index is -1.04. The third kappa shape index (κ3) is 5.78. The first-order valence-electron chi connectivity index (χ1n) is 13.6. The molecule has 0 spiro atoms. The molecule has 2 saturated heterocycles. The average molecular weight is 553 g/mol. The molecule has 3 aliphatic rings. The van der Waals surface area contributed by atoms with Gasteiger partial charge in [0.1, 0.15) is 25.1 Å². The van der Waals surface area contributed by atoms with Crippen molar-refractivity contribution in [3.63, 3.8) is 0 Å². The monoisotopic (exact) mass is 552 g/mol. The zero-order valence-electron chi connectivity index (χ0n) is 22.7. The summed E-state index contributed by atoms with van der Waals surface area (Å²) in [6.07, 6.45) is 2.21. The second-order valence-corrected chi connectivity index (χ2v) is 10.5. The summed E-state index contributed by atoms with van der Waals surface area (Å²) in [7, 11) is 2.08. The Labute approximate surface area is 233 Å². The van der Waals surface area contributed by atoms with Crippen LogP contribution in [0.15, 0.2) is 36.7 Å². The van der Waals surface area contributed by atoms with E-state index in [4.69, 9.17) is 26.0 Å². The Morgan fingerprint density at radius 1 is 1.25 bits per heavy atom. The highest BCUT2D eigenvalue weighted by Gasteiger charge is 2.37. The lowest BCUT2D eigenvalue weighted by Gasteiger charge is -2.40. The minimum absolute atomic E-state index is 0.0265. The molecule has 1 aromatic carbocycles. The number of hydrogen-bond donors (Lipinski definition) is 0. The van der Waals surface area contributed by atoms with Crippen molar-refractivity contribution >= 4 is 11.7 Å². The summed E-state index contributed by atoms with van der Waals surface area (Å²) in [5, 5.41) is 0. The standard InChI is InChI=1S/C29H34F2N6O3/c1-19(31)28(38)37-12-11-36(16-22(37)15-32-2)27-24-18-39-26(23-9-5-4-7-20(23)14-30)13-25(24)33-29(34-27)40-17-21-8-6-10-35(21)3/h4-5,7,9,21-22,26H,1,6,8,10-18H2,3H3/t21-,22-,26?/m0/s1. The minimum Gasteiger partial charge on any atom is -0.462 e. The van der Waals surface area contributed by atoms with Crippen LogP contribution in [0.25, 0.3) is 4.85 Å². The number of likely N-dealkylation sites (N-methyl/N-ethyl adjacent to an activating group) is 1. The van der Waals surface area contributed by atoms with Crippen molar-refractivity contribution < 1.29 is 23.0 Å². The predicted octanol–water partition coefficient (Wildman–Crippen LogP) is 3.65. The van der Waals surface area contributed by atoms with Crippen molar-refractivity contribution in [3.05, 3.63) is 70.5 Å². The first-order chi connectivity index (χ1) is 19.4. The highest BCUT2D eigenvalue weighted by atomic mass is 19.1. The van der Waals surface area contributed by atoms with Crippen molar-refractivity contribution in [1.82, 2.24) is 19.8 Å². The van der Waals surface area contributed by atoms with Crippen molar-refractivity contribution in [1.29, 1.82) is 0 Å². The molecule has 40 heavy (non-hydrogen) atoms. The van der Waals surface area contributed by atoms with Gasteiger partial charge in [-0.1, -0.05) is 30.8 Å². The number of halogens is 2. The molecule has 0 saturated carbocycles. The molecule has 9 nitrogen and oxygen atoms in total. The Morgan fingerprint density at radius 3 is 2.80 bits per heavy atom.